The normalized spacial score (nSPS) is 22.1. The number of hydrogen-bond acceptors (Lipinski definition) is 2. The molecule has 1 aliphatic rings. The molecule has 0 radical (unpaired) electrons. The van der Waals surface area contributed by atoms with Crippen LogP contribution in [0, 0.1) is 5.92 Å². The van der Waals surface area contributed by atoms with Crippen molar-refractivity contribution >= 4 is 0 Å². The Kier molecular flexibility index (Phi) is 4.41. The first-order chi connectivity index (χ1) is 8.62. The minimum atomic E-state index is 0.245. The Balaban J connectivity index is 1.95. The van der Waals surface area contributed by atoms with E-state index in [1.807, 2.05) is 0 Å². The molecule has 2 rings (SSSR count). The van der Waals surface area contributed by atoms with Gasteiger partial charge in [-0.25, -0.2) is 0 Å². The maximum Gasteiger partial charge on any atom is 0.0233 e. The summed E-state index contributed by atoms with van der Waals surface area (Å²) in [5.74, 6) is 0.750. The minimum Gasteiger partial charge on any atom is -0.314 e. The van der Waals surface area contributed by atoms with Gasteiger partial charge in [-0.15, -0.1) is 0 Å². The van der Waals surface area contributed by atoms with Gasteiger partial charge in [0.25, 0.3) is 0 Å². The Bertz CT molecular complexity index is 359. The highest BCUT2D eigenvalue weighted by molar-refractivity contribution is 5.14. The van der Waals surface area contributed by atoms with Gasteiger partial charge in [0, 0.05) is 18.6 Å². The van der Waals surface area contributed by atoms with Crippen LogP contribution in [0.3, 0.4) is 0 Å². The maximum absolute atomic E-state index is 3.47. The van der Waals surface area contributed by atoms with Crippen LogP contribution in [0.5, 0.6) is 0 Å². The SMILES string of the molecule is CNC(C)(C)C1CCCN(Cc2ccccc2)C1. The van der Waals surface area contributed by atoms with E-state index < -0.39 is 0 Å². The van der Waals surface area contributed by atoms with Crippen LogP contribution in [0.2, 0.25) is 0 Å². The highest BCUT2D eigenvalue weighted by atomic mass is 15.1. The average Bonchev–Trinajstić information content (AvgIpc) is 2.40. The van der Waals surface area contributed by atoms with Crippen LogP contribution in [0.25, 0.3) is 0 Å². The van der Waals surface area contributed by atoms with E-state index in [1.54, 1.807) is 0 Å². The van der Waals surface area contributed by atoms with Crippen molar-refractivity contribution in [2.45, 2.75) is 38.8 Å². The molecule has 1 fully saturated rings. The van der Waals surface area contributed by atoms with Crippen molar-refractivity contribution < 1.29 is 0 Å². The first kappa shape index (κ1) is 13.6. The van der Waals surface area contributed by atoms with Crippen LogP contribution in [-0.2, 0) is 6.54 Å². The van der Waals surface area contributed by atoms with Gasteiger partial charge in [-0.05, 0) is 51.8 Å². The summed E-state index contributed by atoms with van der Waals surface area (Å²) in [6.07, 6.45) is 2.67. The van der Waals surface area contributed by atoms with Gasteiger partial charge in [-0.2, -0.15) is 0 Å². The number of nitrogens with zero attached hydrogens (tertiary/aromatic N) is 1. The summed E-state index contributed by atoms with van der Waals surface area (Å²) < 4.78 is 0. The lowest BCUT2D eigenvalue weighted by atomic mass is 9.81. The van der Waals surface area contributed by atoms with Crippen LogP contribution >= 0.6 is 0 Å². The largest absolute Gasteiger partial charge is 0.314 e. The first-order valence-corrected chi connectivity index (χ1v) is 7.07. The molecule has 0 bridgehead atoms. The van der Waals surface area contributed by atoms with Gasteiger partial charge in [-0.1, -0.05) is 30.3 Å². The molecular formula is C16H26N2. The third kappa shape index (κ3) is 3.33. The van der Waals surface area contributed by atoms with E-state index in [9.17, 15) is 0 Å². The van der Waals surface area contributed by atoms with Crippen LogP contribution in [0.1, 0.15) is 32.3 Å². The topological polar surface area (TPSA) is 15.3 Å². The standard InChI is InChI=1S/C16H26N2/c1-16(2,17-3)15-10-7-11-18(13-15)12-14-8-5-4-6-9-14/h4-6,8-9,15,17H,7,10-13H2,1-3H3. The van der Waals surface area contributed by atoms with Gasteiger partial charge in [0.2, 0.25) is 0 Å². The number of hydrogen-bond donors (Lipinski definition) is 1. The fourth-order valence-corrected chi connectivity index (χ4v) is 2.83. The summed E-state index contributed by atoms with van der Waals surface area (Å²) in [6.45, 7) is 8.19. The number of benzene rings is 1. The van der Waals surface area contributed by atoms with Gasteiger partial charge in [0.05, 0.1) is 0 Å². The summed E-state index contributed by atoms with van der Waals surface area (Å²) in [5.41, 5.74) is 1.68. The quantitative estimate of drug-likeness (QED) is 0.879. The minimum absolute atomic E-state index is 0.245. The fraction of sp³-hybridized carbons (Fsp3) is 0.625. The number of rotatable bonds is 4. The Labute approximate surface area is 111 Å². The van der Waals surface area contributed by atoms with Gasteiger partial charge in [-0.3, -0.25) is 4.90 Å². The monoisotopic (exact) mass is 246 g/mol. The summed E-state index contributed by atoms with van der Waals surface area (Å²) in [6, 6.07) is 10.8. The summed E-state index contributed by atoms with van der Waals surface area (Å²) in [5, 5.41) is 3.47. The van der Waals surface area contributed by atoms with E-state index in [0.717, 1.165) is 12.5 Å². The van der Waals surface area contributed by atoms with Crippen molar-refractivity contribution in [1.82, 2.24) is 10.2 Å². The summed E-state index contributed by atoms with van der Waals surface area (Å²) >= 11 is 0. The van der Waals surface area contributed by atoms with Crippen LogP contribution in [0.15, 0.2) is 30.3 Å². The molecule has 2 nitrogen and oxygen atoms in total. The average molecular weight is 246 g/mol. The molecular weight excluding hydrogens is 220 g/mol. The fourth-order valence-electron chi connectivity index (χ4n) is 2.83. The van der Waals surface area contributed by atoms with Gasteiger partial charge >= 0.3 is 0 Å². The Morgan fingerprint density at radius 3 is 2.67 bits per heavy atom. The maximum atomic E-state index is 3.47. The van der Waals surface area contributed by atoms with Crippen molar-refractivity contribution in [2.24, 2.45) is 5.92 Å². The van der Waals surface area contributed by atoms with Gasteiger partial charge in [0.15, 0.2) is 0 Å². The molecule has 1 aromatic rings. The van der Waals surface area contributed by atoms with E-state index in [0.29, 0.717) is 0 Å². The van der Waals surface area contributed by atoms with E-state index >= 15 is 0 Å². The molecule has 1 N–H and O–H groups in total. The molecule has 0 spiro atoms. The lowest BCUT2D eigenvalue weighted by Crippen LogP contribution is -2.50. The van der Waals surface area contributed by atoms with Crippen molar-refractivity contribution in [1.29, 1.82) is 0 Å². The third-order valence-electron chi connectivity index (χ3n) is 4.42. The van der Waals surface area contributed by atoms with Crippen LogP contribution in [-0.4, -0.2) is 30.6 Å². The van der Waals surface area contributed by atoms with Gasteiger partial charge < -0.3 is 5.32 Å². The summed E-state index contributed by atoms with van der Waals surface area (Å²) in [4.78, 5) is 2.60. The molecule has 1 atom stereocenters. The second kappa shape index (κ2) is 5.85. The Hall–Kier alpha value is -0.860. The summed E-state index contributed by atoms with van der Waals surface area (Å²) in [7, 11) is 2.08. The Morgan fingerprint density at radius 1 is 1.28 bits per heavy atom. The zero-order chi connectivity index (χ0) is 13.0. The number of nitrogens with one attached hydrogen (secondary N) is 1. The highest BCUT2D eigenvalue weighted by Gasteiger charge is 2.31. The highest BCUT2D eigenvalue weighted by Crippen LogP contribution is 2.27. The zero-order valence-corrected chi connectivity index (χ0v) is 11.9. The molecule has 1 heterocycles. The third-order valence-corrected chi connectivity index (χ3v) is 4.42. The first-order valence-electron chi connectivity index (χ1n) is 7.07. The van der Waals surface area contributed by atoms with E-state index in [-0.39, 0.29) is 5.54 Å². The molecule has 1 saturated heterocycles. The van der Waals surface area contributed by atoms with E-state index in [1.165, 1.54) is 31.5 Å². The molecule has 1 unspecified atom stereocenters. The van der Waals surface area contributed by atoms with Crippen molar-refractivity contribution in [2.75, 3.05) is 20.1 Å². The number of piperidine rings is 1. The predicted octanol–water partition coefficient (Wildman–Crippen LogP) is 2.90. The second-order valence-electron chi connectivity index (χ2n) is 6.03. The smallest absolute Gasteiger partial charge is 0.0233 e. The van der Waals surface area contributed by atoms with Crippen LogP contribution in [0.4, 0.5) is 0 Å². The van der Waals surface area contributed by atoms with Crippen LogP contribution < -0.4 is 5.32 Å². The van der Waals surface area contributed by atoms with E-state index in [2.05, 4.69) is 61.4 Å². The zero-order valence-electron chi connectivity index (χ0n) is 11.9. The van der Waals surface area contributed by atoms with Crippen molar-refractivity contribution in [3.63, 3.8) is 0 Å². The van der Waals surface area contributed by atoms with Gasteiger partial charge in [0.1, 0.15) is 0 Å². The molecule has 2 heteroatoms. The van der Waals surface area contributed by atoms with Crippen molar-refractivity contribution in [3.8, 4) is 0 Å². The van der Waals surface area contributed by atoms with E-state index in [4.69, 9.17) is 0 Å². The molecule has 1 aliphatic heterocycles. The second-order valence-corrected chi connectivity index (χ2v) is 6.03. The molecule has 0 saturated carbocycles. The molecule has 0 amide bonds. The lowest BCUT2D eigenvalue weighted by molar-refractivity contribution is 0.111. The molecule has 1 aromatic carbocycles. The lowest BCUT2D eigenvalue weighted by Gasteiger charge is -2.41. The predicted molar refractivity (Wildman–Crippen MR) is 77.6 cm³/mol. The Morgan fingerprint density at radius 2 is 2.00 bits per heavy atom. The number of likely N-dealkylation sites (tertiary alicyclic amines) is 1. The molecule has 18 heavy (non-hydrogen) atoms. The van der Waals surface area contributed by atoms with Crippen molar-refractivity contribution in [3.05, 3.63) is 35.9 Å². The molecule has 100 valence electrons. The molecule has 0 aliphatic carbocycles. The molecule has 0 aromatic heterocycles.